The maximum Gasteiger partial charge on any atom is 0.220 e. The molecule has 2 fully saturated rings. The SMILES string of the molecule is CC1CCCCC1OCC(O)CNCC1CCC(=O)N1. The Hall–Kier alpha value is -0.650. The molecule has 116 valence electrons. The molecular weight excluding hydrogens is 256 g/mol. The zero-order chi connectivity index (χ0) is 14.4. The van der Waals surface area contributed by atoms with Gasteiger partial charge in [-0.1, -0.05) is 19.8 Å². The van der Waals surface area contributed by atoms with Gasteiger partial charge < -0.3 is 20.5 Å². The monoisotopic (exact) mass is 284 g/mol. The third kappa shape index (κ3) is 5.04. The lowest BCUT2D eigenvalue weighted by molar-refractivity contribution is -0.119. The first-order valence-corrected chi connectivity index (χ1v) is 7.95. The van der Waals surface area contributed by atoms with Crippen LogP contribution in [-0.4, -0.2) is 49.0 Å². The molecule has 5 heteroatoms. The molecule has 1 heterocycles. The lowest BCUT2D eigenvalue weighted by atomic mass is 9.88. The molecule has 0 aromatic rings. The van der Waals surface area contributed by atoms with E-state index >= 15 is 0 Å². The Morgan fingerprint density at radius 1 is 1.40 bits per heavy atom. The number of ether oxygens (including phenoxy) is 1. The van der Waals surface area contributed by atoms with Gasteiger partial charge in [0, 0.05) is 25.6 Å². The molecule has 1 saturated heterocycles. The van der Waals surface area contributed by atoms with Crippen molar-refractivity contribution in [3.8, 4) is 0 Å². The smallest absolute Gasteiger partial charge is 0.220 e. The first kappa shape index (κ1) is 15.7. The predicted molar refractivity (Wildman–Crippen MR) is 77.4 cm³/mol. The molecular formula is C15H28N2O3. The van der Waals surface area contributed by atoms with E-state index in [0.29, 0.717) is 31.6 Å². The minimum absolute atomic E-state index is 0.131. The van der Waals surface area contributed by atoms with Crippen molar-refractivity contribution in [1.29, 1.82) is 0 Å². The summed E-state index contributed by atoms with van der Waals surface area (Å²) in [6.07, 6.45) is 6.25. The summed E-state index contributed by atoms with van der Waals surface area (Å²) in [4.78, 5) is 11.1. The van der Waals surface area contributed by atoms with E-state index in [9.17, 15) is 9.90 Å². The van der Waals surface area contributed by atoms with Crippen LogP contribution in [0.25, 0.3) is 0 Å². The summed E-state index contributed by atoms with van der Waals surface area (Å²) in [6, 6.07) is 0.217. The predicted octanol–water partition coefficient (Wildman–Crippen LogP) is 0.811. The quantitative estimate of drug-likeness (QED) is 0.647. The fourth-order valence-corrected chi connectivity index (χ4v) is 3.08. The van der Waals surface area contributed by atoms with E-state index in [1.807, 2.05) is 0 Å². The number of carbonyl (C=O) groups excluding carboxylic acids is 1. The number of aliphatic hydroxyl groups is 1. The fraction of sp³-hybridized carbons (Fsp3) is 0.933. The van der Waals surface area contributed by atoms with Crippen molar-refractivity contribution < 1.29 is 14.6 Å². The van der Waals surface area contributed by atoms with Crippen LogP contribution in [0.4, 0.5) is 0 Å². The Morgan fingerprint density at radius 2 is 2.20 bits per heavy atom. The summed E-state index contributed by atoms with van der Waals surface area (Å²) in [5, 5.41) is 16.0. The molecule has 5 nitrogen and oxygen atoms in total. The number of amides is 1. The second-order valence-electron chi connectivity index (χ2n) is 6.25. The molecule has 2 aliphatic rings. The summed E-state index contributed by atoms with van der Waals surface area (Å²) in [5.41, 5.74) is 0. The van der Waals surface area contributed by atoms with Gasteiger partial charge in [0.1, 0.15) is 0 Å². The van der Waals surface area contributed by atoms with E-state index in [1.165, 1.54) is 19.3 Å². The molecule has 3 N–H and O–H groups in total. The van der Waals surface area contributed by atoms with Gasteiger partial charge in [0.05, 0.1) is 18.8 Å². The molecule has 1 saturated carbocycles. The summed E-state index contributed by atoms with van der Waals surface area (Å²) < 4.78 is 5.84. The lowest BCUT2D eigenvalue weighted by Gasteiger charge is -2.29. The highest BCUT2D eigenvalue weighted by Crippen LogP contribution is 2.26. The Labute approximate surface area is 121 Å². The van der Waals surface area contributed by atoms with Crippen LogP contribution in [0.2, 0.25) is 0 Å². The number of hydrogen-bond donors (Lipinski definition) is 3. The molecule has 1 amide bonds. The van der Waals surface area contributed by atoms with Crippen molar-refractivity contribution in [2.75, 3.05) is 19.7 Å². The highest BCUT2D eigenvalue weighted by Gasteiger charge is 2.23. The van der Waals surface area contributed by atoms with Crippen molar-refractivity contribution in [1.82, 2.24) is 10.6 Å². The molecule has 0 radical (unpaired) electrons. The Bertz CT molecular complexity index is 311. The molecule has 0 bridgehead atoms. The largest absolute Gasteiger partial charge is 0.389 e. The van der Waals surface area contributed by atoms with Crippen LogP contribution in [0, 0.1) is 5.92 Å². The van der Waals surface area contributed by atoms with E-state index in [1.54, 1.807) is 0 Å². The molecule has 0 aromatic carbocycles. The van der Waals surface area contributed by atoms with Crippen LogP contribution in [0.1, 0.15) is 45.4 Å². The highest BCUT2D eigenvalue weighted by atomic mass is 16.5. The minimum atomic E-state index is -0.471. The maximum atomic E-state index is 11.1. The van der Waals surface area contributed by atoms with Gasteiger partial charge in [0.2, 0.25) is 5.91 Å². The number of carbonyl (C=O) groups is 1. The zero-order valence-corrected chi connectivity index (χ0v) is 12.4. The topological polar surface area (TPSA) is 70.6 Å². The van der Waals surface area contributed by atoms with Crippen LogP contribution in [0.15, 0.2) is 0 Å². The average Bonchev–Trinajstić information content (AvgIpc) is 2.83. The molecule has 0 aromatic heterocycles. The Kier molecular flexibility index (Phi) is 6.26. The number of nitrogens with one attached hydrogen (secondary N) is 2. The first-order valence-electron chi connectivity index (χ1n) is 7.95. The summed E-state index contributed by atoms with van der Waals surface area (Å²) >= 11 is 0. The van der Waals surface area contributed by atoms with Crippen LogP contribution < -0.4 is 10.6 Å². The second-order valence-corrected chi connectivity index (χ2v) is 6.25. The van der Waals surface area contributed by atoms with Crippen molar-refractivity contribution in [2.24, 2.45) is 5.92 Å². The van der Waals surface area contributed by atoms with Gasteiger partial charge in [-0.2, -0.15) is 0 Å². The summed E-state index contributed by atoms with van der Waals surface area (Å²) in [7, 11) is 0. The van der Waals surface area contributed by atoms with E-state index in [2.05, 4.69) is 17.6 Å². The van der Waals surface area contributed by atoms with Crippen molar-refractivity contribution in [2.45, 2.75) is 63.7 Å². The normalized spacial score (nSPS) is 32.1. The molecule has 4 unspecified atom stereocenters. The van der Waals surface area contributed by atoms with Gasteiger partial charge in [-0.3, -0.25) is 4.79 Å². The Morgan fingerprint density at radius 3 is 2.90 bits per heavy atom. The summed E-state index contributed by atoms with van der Waals surface area (Å²) in [6.45, 7) is 3.88. The number of hydrogen-bond acceptors (Lipinski definition) is 4. The number of aliphatic hydroxyl groups excluding tert-OH is 1. The third-order valence-corrected chi connectivity index (χ3v) is 4.39. The molecule has 1 aliphatic carbocycles. The van der Waals surface area contributed by atoms with Crippen LogP contribution in [-0.2, 0) is 9.53 Å². The zero-order valence-electron chi connectivity index (χ0n) is 12.4. The van der Waals surface area contributed by atoms with Gasteiger partial charge in [-0.15, -0.1) is 0 Å². The van der Waals surface area contributed by atoms with Gasteiger partial charge >= 0.3 is 0 Å². The second kappa shape index (κ2) is 7.96. The Balaban J connectivity index is 1.53. The molecule has 0 spiro atoms. The lowest BCUT2D eigenvalue weighted by Crippen LogP contribution is -2.40. The van der Waals surface area contributed by atoms with Gasteiger partial charge in [-0.05, 0) is 25.2 Å². The summed E-state index contributed by atoms with van der Waals surface area (Å²) in [5.74, 6) is 0.740. The van der Waals surface area contributed by atoms with E-state index in [0.717, 1.165) is 19.4 Å². The van der Waals surface area contributed by atoms with E-state index < -0.39 is 6.10 Å². The molecule has 20 heavy (non-hydrogen) atoms. The standard InChI is InChI=1S/C15H28N2O3/c1-11-4-2-3-5-14(11)20-10-13(18)9-16-8-12-6-7-15(19)17-12/h11-14,16,18H,2-10H2,1H3,(H,17,19). The van der Waals surface area contributed by atoms with Crippen molar-refractivity contribution >= 4 is 5.91 Å². The fourth-order valence-electron chi connectivity index (χ4n) is 3.08. The average molecular weight is 284 g/mol. The maximum absolute atomic E-state index is 11.1. The molecule has 1 aliphatic heterocycles. The highest BCUT2D eigenvalue weighted by molar-refractivity contribution is 5.78. The van der Waals surface area contributed by atoms with Crippen molar-refractivity contribution in [3.63, 3.8) is 0 Å². The van der Waals surface area contributed by atoms with Crippen LogP contribution in [0.5, 0.6) is 0 Å². The van der Waals surface area contributed by atoms with Gasteiger partial charge in [-0.25, -0.2) is 0 Å². The van der Waals surface area contributed by atoms with E-state index in [-0.39, 0.29) is 11.9 Å². The first-order chi connectivity index (χ1) is 9.65. The molecule has 2 rings (SSSR count). The van der Waals surface area contributed by atoms with Gasteiger partial charge in [0.25, 0.3) is 0 Å². The number of rotatable bonds is 7. The van der Waals surface area contributed by atoms with Crippen molar-refractivity contribution in [3.05, 3.63) is 0 Å². The van der Waals surface area contributed by atoms with Crippen LogP contribution >= 0.6 is 0 Å². The van der Waals surface area contributed by atoms with Gasteiger partial charge in [0.15, 0.2) is 0 Å². The van der Waals surface area contributed by atoms with E-state index in [4.69, 9.17) is 4.74 Å². The van der Waals surface area contributed by atoms with Crippen LogP contribution in [0.3, 0.4) is 0 Å². The minimum Gasteiger partial charge on any atom is -0.389 e. The molecule has 4 atom stereocenters. The third-order valence-electron chi connectivity index (χ3n) is 4.39.